The van der Waals surface area contributed by atoms with Gasteiger partial charge in [-0.05, 0) is 125 Å². The van der Waals surface area contributed by atoms with E-state index in [1.165, 1.54) is 22.3 Å². The molecular weight excluding hydrogens is 570 g/mol. The zero-order chi connectivity index (χ0) is 32.8. The molecule has 2 aromatic heterocycles. The Bertz CT molecular complexity index is 1720. The maximum atomic E-state index is 13.6. The van der Waals surface area contributed by atoms with Crippen LogP contribution in [0.1, 0.15) is 74.3 Å². The number of carbonyl (C=O) groups excluding carboxylic acids is 1. The molecule has 2 aromatic carbocycles. The predicted octanol–water partition coefficient (Wildman–Crippen LogP) is 6.84. The van der Waals surface area contributed by atoms with Crippen molar-refractivity contribution in [2.24, 2.45) is 4.99 Å². The highest BCUT2D eigenvalue weighted by Gasteiger charge is 2.33. The van der Waals surface area contributed by atoms with Crippen molar-refractivity contribution in [3.8, 4) is 17.5 Å². The van der Waals surface area contributed by atoms with E-state index < -0.39 is 5.41 Å². The summed E-state index contributed by atoms with van der Waals surface area (Å²) in [4.78, 5) is 30.5. The smallest absolute Gasteiger partial charge is 0.232 e. The molecule has 0 atom stereocenters. The summed E-state index contributed by atoms with van der Waals surface area (Å²) in [6, 6.07) is 17.2. The molecule has 1 aliphatic rings. The molecule has 1 fully saturated rings. The number of amides is 1. The van der Waals surface area contributed by atoms with Crippen LogP contribution in [-0.4, -0.2) is 64.4 Å². The number of nitrogens with one attached hydrogen (secondary N) is 2. The number of likely N-dealkylation sites (N-methyl/N-ethyl adjacent to an activating group) is 1. The predicted molar refractivity (Wildman–Crippen MR) is 187 cm³/mol. The van der Waals surface area contributed by atoms with Crippen LogP contribution in [0.25, 0.3) is 22.2 Å². The summed E-state index contributed by atoms with van der Waals surface area (Å²) in [5.41, 5.74) is 8.49. The number of hydrogen-bond donors (Lipinski definition) is 2. The number of likely N-dealkylation sites (tertiary alicyclic amines) is 1. The Balaban J connectivity index is 1.46. The first-order chi connectivity index (χ1) is 22.2. The van der Waals surface area contributed by atoms with Gasteiger partial charge in [0.2, 0.25) is 11.9 Å². The fraction of sp³-hybridized carbons (Fsp3) is 0.421. The molecule has 1 amide bonds. The SMILES string of the molecule is CCN(CC)C(=O)C(C)(C)c1ccc2[nH]c(-c3cc(C)cc(C)c3)c(CCN=C(NC#N)N3CCC(c4ccncc4)CC3)c2c1. The van der Waals surface area contributed by atoms with Gasteiger partial charge in [-0.3, -0.25) is 20.1 Å². The second-order valence-corrected chi connectivity index (χ2v) is 13.0. The van der Waals surface area contributed by atoms with Crippen LogP contribution in [0.3, 0.4) is 0 Å². The van der Waals surface area contributed by atoms with E-state index in [1.807, 2.05) is 45.0 Å². The van der Waals surface area contributed by atoms with Gasteiger partial charge in [-0.25, -0.2) is 0 Å². The number of rotatable bonds is 9. The first-order valence-electron chi connectivity index (χ1n) is 16.5. The van der Waals surface area contributed by atoms with Crippen LogP contribution in [0, 0.1) is 25.3 Å². The van der Waals surface area contributed by atoms with Crippen LogP contribution in [-0.2, 0) is 16.6 Å². The number of nitriles is 1. The van der Waals surface area contributed by atoms with E-state index in [1.54, 1.807) is 0 Å². The number of H-pyrrole nitrogens is 1. The summed E-state index contributed by atoms with van der Waals surface area (Å²) in [6.45, 7) is 15.9. The number of carbonyl (C=O) groups is 1. The minimum atomic E-state index is -0.667. The number of nitrogens with zero attached hydrogens (tertiary/aromatic N) is 5. The summed E-state index contributed by atoms with van der Waals surface area (Å²) in [5.74, 6) is 1.25. The molecule has 0 saturated carbocycles. The van der Waals surface area contributed by atoms with E-state index in [2.05, 4.69) is 88.8 Å². The maximum Gasteiger partial charge on any atom is 0.232 e. The number of aromatic amines is 1. The first kappa shape index (κ1) is 32.7. The van der Waals surface area contributed by atoms with Crippen molar-refractivity contribution >= 4 is 22.8 Å². The Hall–Kier alpha value is -4.64. The lowest BCUT2D eigenvalue weighted by Gasteiger charge is -2.33. The summed E-state index contributed by atoms with van der Waals surface area (Å²) >= 11 is 0. The van der Waals surface area contributed by atoms with Crippen LogP contribution in [0.15, 0.2) is 65.9 Å². The van der Waals surface area contributed by atoms with Gasteiger partial charge in [0.25, 0.3) is 0 Å². The molecular formula is C38H47N7O. The largest absolute Gasteiger partial charge is 0.354 e. The fourth-order valence-electron chi connectivity index (χ4n) is 6.89. The van der Waals surface area contributed by atoms with Gasteiger partial charge in [0.15, 0.2) is 6.19 Å². The van der Waals surface area contributed by atoms with Crippen molar-refractivity contribution in [2.45, 2.75) is 72.1 Å². The highest BCUT2D eigenvalue weighted by atomic mass is 16.2. The zero-order valence-corrected chi connectivity index (χ0v) is 28.2. The minimum Gasteiger partial charge on any atom is -0.354 e. The van der Waals surface area contributed by atoms with Gasteiger partial charge in [-0.2, -0.15) is 5.26 Å². The molecule has 240 valence electrons. The van der Waals surface area contributed by atoms with E-state index in [-0.39, 0.29) is 5.91 Å². The molecule has 3 heterocycles. The van der Waals surface area contributed by atoms with Gasteiger partial charge >= 0.3 is 0 Å². The number of aliphatic imine (C=N–C) groups is 1. The molecule has 46 heavy (non-hydrogen) atoms. The lowest BCUT2D eigenvalue weighted by molar-refractivity contribution is -0.135. The number of benzene rings is 2. The van der Waals surface area contributed by atoms with E-state index in [0.29, 0.717) is 37.9 Å². The van der Waals surface area contributed by atoms with Crippen molar-refractivity contribution in [3.05, 3.63) is 88.7 Å². The van der Waals surface area contributed by atoms with Gasteiger partial charge in [-0.1, -0.05) is 23.3 Å². The highest BCUT2D eigenvalue weighted by Crippen LogP contribution is 2.36. The van der Waals surface area contributed by atoms with Crippen molar-refractivity contribution in [1.82, 2.24) is 25.1 Å². The summed E-state index contributed by atoms with van der Waals surface area (Å²) in [5, 5.41) is 13.6. The molecule has 1 aliphatic heterocycles. The van der Waals surface area contributed by atoms with Gasteiger partial charge in [0, 0.05) is 61.7 Å². The van der Waals surface area contributed by atoms with E-state index in [9.17, 15) is 10.1 Å². The summed E-state index contributed by atoms with van der Waals surface area (Å²) in [6.07, 6.45) is 8.51. The average molecular weight is 618 g/mol. The Kier molecular flexibility index (Phi) is 10.1. The monoisotopic (exact) mass is 617 g/mol. The Morgan fingerprint density at radius 1 is 1.07 bits per heavy atom. The molecule has 0 bridgehead atoms. The molecule has 8 heteroatoms. The maximum absolute atomic E-state index is 13.6. The second-order valence-electron chi connectivity index (χ2n) is 13.0. The normalized spacial score (nSPS) is 14.4. The van der Waals surface area contributed by atoms with Gasteiger partial charge in [-0.15, -0.1) is 0 Å². The lowest BCUT2D eigenvalue weighted by Crippen LogP contribution is -2.44. The highest BCUT2D eigenvalue weighted by molar-refractivity contribution is 5.94. The average Bonchev–Trinajstić information content (AvgIpc) is 3.43. The van der Waals surface area contributed by atoms with E-state index >= 15 is 0 Å². The van der Waals surface area contributed by atoms with Crippen molar-refractivity contribution < 1.29 is 4.79 Å². The molecule has 1 saturated heterocycles. The number of aryl methyl sites for hydroxylation is 2. The number of piperidine rings is 1. The van der Waals surface area contributed by atoms with Crippen LogP contribution in [0.5, 0.6) is 0 Å². The number of hydrogen-bond acceptors (Lipinski definition) is 4. The van der Waals surface area contributed by atoms with E-state index in [0.717, 1.165) is 53.7 Å². The molecule has 2 N–H and O–H groups in total. The lowest BCUT2D eigenvalue weighted by atomic mass is 9.82. The molecule has 0 radical (unpaired) electrons. The third-order valence-electron chi connectivity index (χ3n) is 9.49. The van der Waals surface area contributed by atoms with Crippen molar-refractivity contribution in [2.75, 3.05) is 32.7 Å². The molecule has 5 rings (SSSR count). The Morgan fingerprint density at radius 3 is 2.37 bits per heavy atom. The van der Waals surface area contributed by atoms with E-state index in [4.69, 9.17) is 4.99 Å². The molecule has 8 nitrogen and oxygen atoms in total. The number of fused-ring (bicyclic) bond motifs is 1. The van der Waals surface area contributed by atoms with Gasteiger partial charge in [0.1, 0.15) is 0 Å². The number of guanidine groups is 1. The Labute approximate surface area is 273 Å². The number of aromatic nitrogens is 2. The van der Waals surface area contributed by atoms with Gasteiger partial charge in [0.05, 0.1) is 5.41 Å². The topological polar surface area (TPSA) is 100 Å². The third kappa shape index (κ3) is 6.94. The zero-order valence-electron chi connectivity index (χ0n) is 28.2. The molecule has 0 spiro atoms. The third-order valence-corrected chi connectivity index (χ3v) is 9.49. The summed E-state index contributed by atoms with van der Waals surface area (Å²) < 4.78 is 0. The summed E-state index contributed by atoms with van der Waals surface area (Å²) in [7, 11) is 0. The van der Waals surface area contributed by atoms with Crippen LogP contribution < -0.4 is 5.32 Å². The Morgan fingerprint density at radius 2 is 1.74 bits per heavy atom. The van der Waals surface area contributed by atoms with Crippen LogP contribution in [0.2, 0.25) is 0 Å². The fourth-order valence-corrected chi connectivity index (χ4v) is 6.89. The van der Waals surface area contributed by atoms with Crippen molar-refractivity contribution in [3.63, 3.8) is 0 Å². The first-order valence-corrected chi connectivity index (χ1v) is 16.5. The van der Waals surface area contributed by atoms with Gasteiger partial charge < -0.3 is 14.8 Å². The number of pyridine rings is 1. The standard InChI is InChI=1S/C38H47N7O/c1-7-44(8-2)36(46)38(5,6)31-9-10-34-33(24-31)32(35(43-34)30-22-26(3)21-27(4)23-30)13-18-41-37(42-25-39)45-19-14-29(15-20-45)28-11-16-40-17-12-28/h9-12,16-17,21-24,29,43H,7-8,13-15,18-20H2,1-6H3,(H,41,42). The second kappa shape index (κ2) is 14.2. The molecule has 0 unspecified atom stereocenters. The molecule has 0 aliphatic carbocycles. The van der Waals surface area contributed by atoms with Crippen molar-refractivity contribution in [1.29, 1.82) is 5.26 Å². The molecule has 4 aromatic rings. The quantitative estimate of drug-likeness (QED) is 0.0927. The van der Waals surface area contributed by atoms with Crippen LogP contribution >= 0.6 is 0 Å². The van der Waals surface area contributed by atoms with Crippen LogP contribution in [0.4, 0.5) is 0 Å². The minimum absolute atomic E-state index is 0.132.